The van der Waals surface area contributed by atoms with Gasteiger partial charge in [0.25, 0.3) is 11.4 Å². The van der Waals surface area contributed by atoms with Crippen molar-refractivity contribution >= 4 is 23.4 Å². The standard InChI is InChI=1S/C37H33F5N2O8/c1-35(23-27-3-12-30(13-4-27)43(46)47,24-28-5-14-31(15-6-28)44(48)49)25-51-34(45)20-9-26-7-16-33(17-8-26)52-37(41,42)29-10-18-32(19-11-29)50-22-2-21-36(38,39)40/h3-20H,2,21-25H2,1H3/b20-9+. The number of alkyl halides is 5. The second-order valence-corrected chi connectivity index (χ2v) is 12.2. The van der Waals surface area contributed by atoms with E-state index in [1.165, 1.54) is 66.7 Å². The Hall–Kier alpha value is -5.86. The van der Waals surface area contributed by atoms with Crippen LogP contribution >= 0.6 is 0 Å². The summed E-state index contributed by atoms with van der Waals surface area (Å²) in [6.07, 6.45) is -6.05. The molecule has 0 N–H and O–H groups in total. The highest BCUT2D eigenvalue weighted by Gasteiger charge is 2.34. The smallest absolute Gasteiger partial charge is 0.426 e. The molecular formula is C37H33F5N2O8. The average molecular weight is 729 g/mol. The van der Waals surface area contributed by atoms with Crippen molar-refractivity contribution in [1.82, 2.24) is 0 Å². The molecule has 52 heavy (non-hydrogen) atoms. The summed E-state index contributed by atoms with van der Waals surface area (Å²) >= 11 is 0. The minimum absolute atomic E-state index is 0.0723. The molecule has 0 atom stereocenters. The van der Waals surface area contributed by atoms with E-state index in [2.05, 4.69) is 0 Å². The molecule has 0 amide bonds. The molecule has 274 valence electrons. The van der Waals surface area contributed by atoms with Crippen LogP contribution in [0.15, 0.2) is 103 Å². The van der Waals surface area contributed by atoms with Crippen LogP contribution < -0.4 is 9.47 Å². The molecule has 0 heterocycles. The number of hydrogen-bond donors (Lipinski definition) is 0. The number of benzene rings is 4. The molecule has 4 aromatic rings. The molecule has 0 spiro atoms. The molecule has 10 nitrogen and oxygen atoms in total. The maximum atomic E-state index is 14.8. The maximum absolute atomic E-state index is 14.8. The van der Waals surface area contributed by atoms with Gasteiger partial charge in [-0.25, -0.2) is 4.79 Å². The second-order valence-electron chi connectivity index (χ2n) is 12.2. The SMILES string of the molecule is CC(COC(=O)/C=C/c1ccc(OC(F)(F)c2ccc(OCCCC(F)(F)F)cc2)cc1)(Cc1ccc([N+](=O)[O-])cc1)Cc1ccc([N+](=O)[O-])cc1. The highest BCUT2D eigenvalue weighted by atomic mass is 19.4. The van der Waals surface area contributed by atoms with E-state index >= 15 is 0 Å². The van der Waals surface area contributed by atoms with Crippen molar-refractivity contribution in [3.05, 3.63) is 146 Å². The van der Waals surface area contributed by atoms with Gasteiger partial charge >= 0.3 is 18.3 Å². The Morgan fingerprint density at radius 3 is 1.71 bits per heavy atom. The Kier molecular flexibility index (Phi) is 12.7. The number of non-ortho nitro benzene ring substituents is 2. The monoisotopic (exact) mass is 728 g/mol. The fraction of sp³-hybridized carbons (Fsp3) is 0.270. The topological polar surface area (TPSA) is 131 Å². The number of esters is 1. The number of rotatable bonds is 17. The van der Waals surface area contributed by atoms with Gasteiger partial charge in [-0.3, -0.25) is 20.2 Å². The largest absolute Gasteiger partial charge is 0.494 e. The summed E-state index contributed by atoms with van der Waals surface area (Å²) in [4.78, 5) is 33.8. The summed E-state index contributed by atoms with van der Waals surface area (Å²) in [5.74, 6) is -0.737. The highest BCUT2D eigenvalue weighted by molar-refractivity contribution is 5.87. The first-order valence-electron chi connectivity index (χ1n) is 15.8. The van der Waals surface area contributed by atoms with Gasteiger partial charge in [-0.2, -0.15) is 22.0 Å². The lowest BCUT2D eigenvalue weighted by Gasteiger charge is -2.29. The van der Waals surface area contributed by atoms with Gasteiger partial charge in [-0.1, -0.05) is 43.3 Å². The van der Waals surface area contributed by atoms with E-state index in [0.29, 0.717) is 18.4 Å². The summed E-state index contributed by atoms with van der Waals surface area (Å²) in [6, 6.07) is 21.9. The first-order chi connectivity index (χ1) is 24.5. The van der Waals surface area contributed by atoms with Crippen LogP contribution in [-0.2, 0) is 28.5 Å². The van der Waals surface area contributed by atoms with Crippen molar-refractivity contribution in [2.75, 3.05) is 13.2 Å². The molecule has 0 radical (unpaired) electrons. The van der Waals surface area contributed by atoms with Crippen molar-refractivity contribution < 1.29 is 50.8 Å². The Labute approximate surface area is 294 Å². The summed E-state index contributed by atoms with van der Waals surface area (Å²) in [5.41, 5.74) is 0.594. The molecule has 0 saturated carbocycles. The van der Waals surface area contributed by atoms with Crippen LogP contribution in [0.4, 0.5) is 33.3 Å². The summed E-state index contributed by atoms with van der Waals surface area (Å²) in [5, 5.41) is 22.1. The summed E-state index contributed by atoms with van der Waals surface area (Å²) < 4.78 is 82.0. The van der Waals surface area contributed by atoms with E-state index in [4.69, 9.17) is 14.2 Å². The van der Waals surface area contributed by atoms with E-state index in [1.807, 2.05) is 6.92 Å². The Morgan fingerprint density at radius 1 is 0.731 bits per heavy atom. The third-order valence-electron chi connectivity index (χ3n) is 7.72. The Morgan fingerprint density at radius 2 is 1.23 bits per heavy atom. The van der Waals surface area contributed by atoms with Gasteiger partial charge in [0.2, 0.25) is 0 Å². The zero-order chi connectivity index (χ0) is 37.9. The van der Waals surface area contributed by atoms with Gasteiger partial charge in [0.1, 0.15) is 11.5 Å². The predicted molar refractivity (Wildman–Crippen MR) is 180 cm³/mol. The third-order valence-corrected chi connectivity index (χ3v) is 7.72. The molecule has 15 heteroatoms. The normalized spacial score (nSPS) is 12.0. The number of carbonyl (C=O) groups excluding carboxylic acids is 1. The van der Waals surface area contributed by atoms with Crippen molar-refractivity contribution in [3.63, 3.8) is 0 Å². The summed E-state index contributed by atoms with van der Waals surface area (Å²) in [6.45, 7) is 1.56. The molecule has 4 aromatic carbocycles. The number of halogens is 5. The van der Waals surface area contributed by atoms with Gasteiger partial charge in [-0.15, -0.1) is 0 Å². The van der Waals surface area contributed by atoms with E-state index < -0.39 is 45.5 Å². The minimum atomic E-state index is -4.31. The third kappa shape index (κ3) is 12.2. The van der Waals surface area contributed by atoms with Crippen LogP contribution in [0.1, 0.15) is 42.0 Å². The van der Waals surface area contributed by atoms with E-state index in [0.717, 1.165) is 29.3 Å². The van der Waals surface area contributed by atoms with Gasteiger partial charge in [0.05, 0.1) is 28.6 Å². The molecule has 4 rings (SSSR count). The van der Waals surface area contributed by atoms with E-state index in [1.54, 1.807) is 24.3 Å². The van der Waals surface area contributed by atoms with Gasteiger partial charge in [0, 0.05) is 42.2 Å². The fourth-order valence-electron chi connectivity index (χ4n) is 5.14. The molecular weight excluding hydrogens is 695 g/mol. The molecule has 0 aromatic heterocycles. The highest BCUT2D eigenvalue weighted by Crippen LogP contribution is 2.33. The first kappa shape index (κ1) is 38.9. The number of ether oxygens (including phenoxy) is 3. The first-order valence-corrected chi connectivity index (χ1v) is 15.8. The van der Waals surface area contributed by atoms with Crippen LogP contribution in [0.5, 0.6) is 11.5 Å². The lowest BCUT2D eigenvalue weighted by atomic mass is 9.79. The lowest BCUT2D eigenvalue weighted by molar-refractivity contribution is -0.385. The van der Waals surface area contributed by atoms with Crippen LogP contribution in [-0.4, -0.2) is 35.2 Å². The Bertz CT molecular complexity index is 1790. The van der Waals surface area contributed by atoms with Crippen molar-refractivity contribution in [3.8, 4) is 11.5 Å². The van der Waals surface area contributed by atoms with Crippen LogP contribution in [0, 0.1) is 25.6 Å². The van der Waals surface area contributed by atoms with E-state index in [-0.39, 0.29) is 42.5 Å². The average Bonchev–Trinajstić information content (AvgIpc) is 3.09. The van der Waals surface area contributed by atoms with Crippen LogP contribution in [0.3, 0.4) is 0 Å². The van der Waals surface area contributed by atoms with Gasteiger partial charge in [-0.05, 0) is 78.4 Å². The number of hydrogen-bond acceptors (Lipinski definition) is 8. The zero-order valence-electron chi connectivity index (χ0n) is 27.7. The second kappa shape index (κ2) is 16.9. The van der Waals surface area contributed by atoms with E-state index in [9.17, 15) is 47.0 Å². The number of carbonyl (C=O) groups is 1. The number of nitro benzene ring substituents is 2. The molecule has 0 aliphatic rings. The fourth-order valence-corrected chi connectivity index (χ4v) is 5.14. The lowest BCUT2D eigenvalue weighted by Crippen LogP contribution is -2.30. The van der Waals surface area contributed by atoms with Gasteiger partial charge < -0.3 is 14.2 Å². The molecule has 0 saturated heterocycles. The minimum Gasteiger partial charge on any atom is -0.494 e. The van der Waals surface area contributed by atoms with Crippen LogP contribution in [0.2, 0.25) is 0 Å². The molecule has 0 unspecified atom stereocenters. The van der Waals surface area contributed by atoms with Gasteiger partial charge in [0.15, 0.2) is 0 Å². The number of nitro groups is 2. The molecule has 0 aliphatic carbocycles. The quantitative estimate of drug-likeness (QED) is 0.0263. The summed E-state index contributed by atoms with van der Waals surface area (Å²) in [7, 11) is 0. The zero-order valence-corrected chi connectivity index (χ0v) is 27.7. The molecule has 0 bridgehead atoms. The van der Waals surface area contributed by atoms with Crippen LogP contribution in [0.25, 0.3) is 6.08 Å². The van der Waals surface area contributed by atoms with Crippen molar-refractivity contribution in [2.45, 2.75) is 44.9 Å². The number of nitrogens with zero attached hydrogens (tertiary/aromatic N) is 2. The molecule has 0 aliphatic heterocycles. The Balaban J connectivity index is 1.34. The van der Waals surface area contributed by atoms with Crippen molar-refractivity contribution in [1.29, 1.82) is 0 Å². The predicted octanol–water partition coefficient (Wildman–Crippen LogP) is 9.40. The maximum Gasteiger partial charge on any atom is 0.426 e. The molecule has 0 fully saturated rings. The van der Waals surface area contributed by atoms with Crippen molar-refractivity contribution in [2.24, 2.45) is 5.41 Å².